The fourth-order valence-electron chi connectivity index (χ4n) is 3.24. The Morgan fingerprint density at radius 1 is 1.13 bits per heavy atom. The van der Waals surface area contributed by atoms with Gasteiger partial charge in [0, 0.05) is 24.8 Å². The van der Waals surface area contributed by atoms with Crippen LogP contribution in [-0.2, 0) is 16.0 Å². The maximum atomic E-state index is 12.9. The van der Waals surface area contributed by atoms with E-state index >= 15 is 0 Å². The number of rotatable bonds is 4. The van der Waals surface area contributed by atoms with Gasteiger partial charge in [-0.25, -0.2) is 0 Å². The molecule has 1 aromatic carbocycles. The monoisotopic (exact) mass is 316 g/mol. The van der Waals surface area contributed by atoms with Crippen LogP contribution in [0.15, 0.2) is 24.3 Å². The van der Waals surface area contributed by atoms with Gasteiger partial charge in [-0.05, 0) is 36.8 Å². The third kappa shape index (κ3) is 3.92. The van der Waals surface area contributed by atoms with E-state index in [1.807, 2.05) is 31.2 Å². The summed E-state index contributed by atoms with van der Waals surface area (Å²) in [6.45, 7) is 11.5. The molecular formula is C19H28N2O2. The van der Waals surface area contributed by atoms with Crippen molar-refractivity contribution in [3.05, 3.63) is 29.8 Å². The number of anilines is 1. The Morgan fingerprint density at radius 3 is 2.26 bits per heavy atom. The summed E-state index contributed by atoms with van der Waals surface area (Å²) >= 11 is 0. The molecular weight excluding hydrogens is 288 g/mol. The van der Waals surface area contributed by atoms with Gasteiger partial charge in [0.2, 0.25) is 0 Å². The van der Waals surface area contributed by atoms with Crippen molar-refractivity contribution < 1.29 is 9.59 Å². The van der Waals surface area contributed by atoms with Crippen molar-refractivity contribution in [3.63, 3.8) is 0 Å². The van der Waals surface area contributed by atoms with Crippen LogP contribution < -0.4 is 4.90 Å². The van der Waals surface area contributed by atoms with E-state index in [-0.39, 0.29) is 11.9 Å². The summed E-state index contributed by atoms with van der Waals surface area (Å²) in [4.78, 5) is 29.0. The molecule has 1 unspecified atom stereocenters. The second-order valence-electron chi connectivity index (χ2n) is 7.35. The normalized spacial score (nSPS) is 16.8. The van der Waals surface area contributed by atoms with Crippen molar-refractivity contribution in [3.8, 4) is 0 Å². The molecule has 0 bridgehead atoms. The first kappa shape index (κ1) is 17.5. The first-order chi connectivity index (χ1) is 10.8. The van der Waals surface area contributed by atoms with Gasteiger partial charge in [-0.1, -0.05) is 45.9 Å². The van der Waals surface area contributed by atoms with Crippen molar-refractivity contribution in [2.24, 2.45) is 11.8 Å². The lowest BCUT2D eigenvalue weighted by Crippen LogP contribution is -2.49. The van der Waals surface area contributed by atoms with Gasteiger partial charge in [-0.3, -0.25) is 9.59 Å². The largest absolute Gasteiger partial charge is 0.334 e. The summed E-state index contributed by atoms with van der Waals surface area (Å²) in [6.07, 6.45) is 0.809. The summed E-state index contributed by atoms with van der Waals surface area (Å²) in [7, 11) is 0. The predicted molar refractivity (Wildman–Crippen MR) is 93.4 cm³/mol. The fraction of sp³-hybridized carbons (Fsp3) is 0.579. The number of nitrogens with zero attached hydrogens (tertiary/aromatic N) is 2. The summed E-state index contributed by atoms with van der Waals surface area (Å²) in [5, 5.41) is 0. The highest BCUT2D eigenvalue weighted by atomic mass is 16.2. The molecule has 0 fully saturated rings. The Morgan fingerprint density at radius 2 is 1.70 bits per heavy atom. The molecule has 2 amide bonds. The van der Waals surface area contributed by atoms with Crippen LogP contribution in [0.25, 0.3) is 0 Å². The molecule has 0 spiro atoms. The predicted octanol–water partition coefficient (Wildman–Crippen LogP) is 3.10. The third-order valence-corrected chi connectivity index (χ3v) is 4.07. The lowest BCUT2D eigenvalue weighted by molar-refractivity contribution is -0.145. The van der Waals surface area contributed by atoms with Crippen molar-refractivity contribution in [1.29, 1.82) is 0 Å². The van der Waals surface area contributed by atoms with Gasteiger partial charge >= 0.3 is 11.8 Å². The van der Waals surface area contributed by atoms with Crippen LogP contribution in [0, 0.1) is 11.8 Å². The molecule has 1 atom stereocenters. The van der Waals surface area contributed by atoms with E-state index in [2.05, 4.69) is 27.7 Å². The van der Waals surface area contributed by atoms with Crippen molar-refractivity contribution in [2.75, 3.05) is 18.0 Å². The summed E-state index contributed by atoms with van der Waals surface area (Å²) in [5.74, 6) is -0.0951. The lowest BCUT2D eigenvalue weighted by atomic mass is 10.1. The van der Waals surface area contributed by atoms with Crippen LogP contribution in [0.2, 0.25) is 0 Å². The van der Waals surface area contributed by atoms with E-state index in [0.717, 1.165) is 17.7 Å². The highest BCUT2D eigenvalue weighted by Crippen LogP contribution is 2.32. The van der Waals surface area contributed by atoms with E-state index in [9.17, 15) is 9.59 Å². The molecule has 1 aromatic rings. The number of fused-ring (bicyclic) bond motifs is 1. The molecule has 0 saturated carbocycles. The number of hydrogen-bond donors (Lipinski definition) is 0. The maximum Gasteiger partial charge on any atom is 0.316 e. The molecule has 0 radical (unpaired) electrons. The number of amides is 2. The van der Waals surface area contributed by atoms with E-state index in [0.29, 0.717) is 24.9 Å². The Kier molecular flexibility index (Phi) is 5.45. The van der Waals surface area contributed by atoms with E-state index < -0.39 is 5.91 Å². The van der Waals surface area contributed by atoms with Crippen molar-refractivity contribution >= 4 is 17.5 Å². The molecule has 23 heavy (non-hydrogen) atoms. The molecule has 1 aliphatic heterocycles. The van der Waals surface area contributed by atoms with Crippen LogP contribution in [0.5, 0.6) is 0 Å². The molecule has 1 aliphatic rings. The molecule has 4 nitrogen and oxygen atoms in total. The molecule has 1 heterocycles. The number of carbonyl (C=O) groups is 2. The van der Waals surface area contributed by atoms with Gasteiger partial charge in [0.25, 0.3) is 0 Å². The van der Waals surface area contributed by atoms with Gasteiger partial charge in [-0.15, -0.1) is 0 Å². The quantitative estimate of drug-likeness (QED) is 0.801. The van der Waals surface area contributed by atoms with Gasteiger partial charge in [0.05, 0.1) is 0 Å². The molecule has 0 N–H and O–H groups in total. The van der Waals surface area contributed by atoms with E-state index in [1.165, 1.54) is 0 Å². The highest BCUT2D eigenvalue weighted by molar-refractivity contribution is 6.40. The van der Waals surface area contributed by atoms with Crippen LogP contribution >= 0.6 is 0 Å². The third-order valence-electron chi connectivity index (χ3n) is 4.07. The van der Waals surface area contributed by atoms with Crippen LogP contribution in [0.3, 0.4) is 0 Å². The number of para-hydroxylation sites is 1. The second-order valence-corrected chi connectivity index (χ2v) is 7.35. The molecule has 0 aliphatic carbocycles. The Labute approximate surface area is 139 Å². The summed E-state index contributed by atoms with van der Waals surface area (Å²) in [5.41, 5.74) is 2.02. The Hall–Kier alpha value is -1.84. The Balaban J connectivity index is 2.22. The zero-order valence-corrected chi connectivity index (χ0v) is 14.9. The van der Waals surface area contributed by atoms with Crippen LogP contribution in [0.4, 0.5) is 5.69 Å². The second kappa shape index (κ2) is 7.16. The van der Waals surface area contributed by atoms with Gasteiger partial charge in [0.15, 0.2) is 0 Å². The molecule has 0 aromatic heterocycles. The van der Waals surface area contributed by atoms with Gasteiger partial charge in [-0.2, -0.15) is 0 Å². The minimum Gasteiger partial charge on any atom is -0.334 e. The van der Waals surface area contributed by atoms with E-state index in [4.69, 9.17) is 0 Å². The average Bonchev–Trinajstić information content (AvgIpc) is 2.79. The van der Waals surface area contributed by atoms with Crippen molar-refractivity contribution in [1.82, 2.24) is 4.90 Å². The highest BCUT2D eigenvalue weighted by Gasteiger charge is 2.36. The SMILES string of the molecule is CC(C)CN(CC(C)C)C(=O)C(=O)N1c2ccccc2CC1C. The zero-order valence-electron chi connectivity index (χ0n) is 14.9. The minimum atomic E-state index is -0.399. The minimum absolute atomic E-state index is 0.0313. The van der Waals surface area contributed by atoms with Crippen LogP contribution in [0.1, 0.15) is 40.2 Å². The lowest BCUT2D eigenvalue weighted by Gasteiger charge is -2.29. The van der Waals surface area contributed by atoms with Gasteiger partial charge < -0.3 is 9.80 Å². The molecule has 0 saturated heterocycles. The maximum absolute atomic E-state index is 12.9. The molecule has 2 rings (SSSR count). The van der Waals surface area contributed by atoms with Gasteiger partial charge in [0.1, 0.15) is 0 Å². The molecule has 126 valence electrons. The average molecular weight is 316 g/mol. The number of carbonyl (C=O) groups excluding carboxylic acids is 2. The zero-order chi connectivity index (χ0) is 17.1. The van der Waals surface area contributed by atoms with Crippen LogP contribution in [-0.4, -0.2) is 35.8 Å². The fourth-order valence-corrected chi connectivity index (χ4v) is 3.24. The molecule has 4 heteroatoms. The smallest absolute Gasteiger partial charge is 0.316 e. The number of hydrogen-bond acceptors (Lipinski definition) is 2. The standard InChI is InChI=1S/C19H28N2O2/c1-13(2)11-20(12-14(3)4)18(22)19(23)21-15(5)10-16-8-6-7-9-17(16)21/h6-9,13-15H,10-12H2,1-5H3. The summed E-state index contributed by atoms with van der Waals surface area (Å²) in [6, 6.07) is 7.89. The first-order valence-electron chi connectivity index (χ1n) is 8.51. The topological polar surface area (TPSA) is 40.6 Å². The first-order valence-corrected chi connectivity index (χ1v) is 8.51. The Bertz CT molecular complexity index is 570. The number of benzene rings is 1. The van der Waals surface area contributed by atoms with E-state index in [1.54, 1.807) is 9.80 Å². The summed E-state index contributed by atoms with van der Waals surface area (Å²) < 4.78 is 0. The van der Waals surface area contributed by atoms with Crippen molar-refractivity contribution in [2.45, 2.75) is 47.1 Å².